The number of carboxylic acid groups (broad SMARTS) is 1. The molecule has 0 spiro atoms. The smallest absolute Gasteiger partial charge is 0.416 e. The minimum Gasteiger partial charge on any atom is -0.481 e. The maximum atomic E-state index is 12.5. The van der Waals surface area contributed by atoms with Crippen LogP contribution in [0.5, 0.6) is 0 Å². The lowest BCUT2D eigenvalue weighted by Gasteiger charge is -2.09. The highest BCUT2D eigenvalue weighted by Gasteiger charge is 2.30. The third-order valence-electron chi connectivity index (χ3n) is 3.31. The Labute approximate surface area is 137 Å². The summed E-state index contributed by atoms with van der Waals surface area (Å²) in [6, 6.07) is 5.37. The van der Waals surface area contributed by atoms with Gasteiger partial charge in [-0.3, -0.25) is 9.59 Å². The Balaban J connectivity index is 2.37. The number of halogens is 4. The van der Waals surface area contributed by atoms with E-state index >= 15 is 0 Å². The summed E-state index contributed by atoms with van der Waals surface area (Å²) < 4.78 is 39.4. The Bertz CT molecular complexity index is 764. The molecule has 0 saturated carbocycles. The van der Waals surface area contributed by atoms with Crippen molar-refractivity contribution < 1.29 is 27.9 Å². The SMILES string of the molecule is Cn1c(CC(=O)O)cc(Br)c1C(=O)c1ccc(C(F)(F)F)cc1. The van der Waals surface area contributed by atoms with Crippen molar-refractivity contribution in [2.24, 2.45) is 7.05 Å². The van der Waals surface area contributed by atoms with Gasteiger partial charge in [-0.1, -0.05) is 12.1 Å². The first-order valence-corrected chi connectivity index (χ1v) is 7.18. The van der Waals surface area contributed by atoms with Crippen LogP contribution in [0.2, 0.25) is 0 Å². The van der Waals surface area contributed by atoms with Gasteiger partial charge in [0.05, 0.1) is 12.0 Å². The molecule has 1 aromatic carbocycles. The number of hydrogen-bond acceptors (Lipinski definition) is 2. The largest absolute Gasteiger partial charge is 0.481 e. The average molecular weight is 390 g/mol. The van der Waals surface area contributed by atoms with Gasteiger partial charge in [0.2, 0.25) is 5.78 Å². The zero-order valence-corrected chi connectivity index (χ0v) is 13.4. The zero-order valence-electron chi connectivity index (χ0n) is 11.8. The number of ketones is 1. The zero-order chi connectivity index (χ0) is 17.4. The molecule has 0 aliphatic rings. The second kappa shape index (κ2) is 6.19. The molecule has 0 aliphatic heterocycles. The number of carboxylic acids is 1. The van der Waals surface area contributed by atoms with Crippen molar-refractivity contribution in [3.63, 3.8) is 0 Å². The van der Waals surface area contributed by atoms with Crippen LogP contribution in [0.4, 0.5) is 13.2 Å². The molecule has 0 unspecified atom stereocenters. The van der Waals surface area contributed by atoms with Gasteiger partial charge in [-0.2, -0.15) is 13.2 Å². The van der Waals surface area contributed by atoms with Crippen molar-refractivity contribution >= 4 is 27.7 Å². The monoisotopic (exact) mass is 389 g/mol. The summed E-state index contributed by atoms with van der Waals surface area (Å²) in [6.45, 7) is 0. The lowest BCUT2D eigenvalue weighted by atomic mass is 10.1. The van der Waals surface area contributed by atoms with Gasteiger partial charge in [-0.15, -0.1) is 0 Å². The third-order valence-corrected chi connectivity index (χ3v) is 3.91. The summed E-state index contributed by atoms with van der Waals surface area (Å²) in [6.07, 6.45) is -4.74. The third kappa shape index (κ3) is 3.64. The summed E-state index contributed by atoms with van der Waals surface area (Å²) in [7, 11) is 1.53. The van der Waals surface area contributed by atoms with Crippen LogP contribution in [0.1, 0.15) is 27.3 Å². The molecule has 0 atom stereocenters. The first kappa shape index (κ1) is 17.3. The number of carbonyl (C=O) groups is 2. The first-order chi connectivity index (χ1) is 10.6. The van der Waals surface area contributed by atoms with Gasteiger partial charge in [0.25, 0.3) is 0 Å². The van der Waals surface area contributed by atoms with E-state index in [0.29, 0.717) is 10.2 Å². The quantitative estimate of drug-likeness (QED) is 0.811. The summed E-state index contributed by atoms with van der Waals surface area (Å²) in [5, 5.41) is 8.83. The van der Waals surface area contributed by atoms with Crippen LogP contribution in [0.15, 0.2) is 34.8 Å². The van der Waals surface area contributed by atoms with Crippen molar-refractivity contribution in [2.45, 2.75) is 12.6 Å². The molecule has 1 N–H and O–H groups in total. The Morgan fingerprint density at radius 3 is 2.26 bits per heavy atom. The van der Waals surface area contributed by atoms with E-state index in [0.717, 1.165) is 24.3 Å². The van der Waals surface area contributed by atoms with Gasteiger partial charge < -0.3 is 9.67 Å². The molecule has 1 aromatic heterocycles. The molecule has 122 valence electrons. The first-order valence-electron chi connectivity index (χ1n) is 6.39. The van der Waals surface area contributed by atoms with Crippen LogP contribution in [0.3, 0.4) is 0 Å². The topological polar surface area (TPSA) is 59.3 Å². The molecule has 0 amide bonds. The van der Waals surface area contributed by atoms with Crippen molar-refractivity contribution in [2.75, 3.05) is 0 Å². The molecule has 2 aromatic rings. The molecular formula is C15H11BrF3NO3. The lowest BCUT2D eigenvalue weighted by Crippen LogP contribution is -2.12. The Morgan fingerprint density at radius 2 is 1.78 bits per heavy atom. The van der Waals surface area contributed by atoms with Crippen molar-refractivity contribution in [1.82, 2.24) is 4.57 Å². The van der Waals surface area contributed by atoms with E-state index in [1.165, 1.54) is 17.7 Å². The van der Waals surface area contributed by atoms with E-state index < -0.39 is 23.5 Å². The molecule has 0 radical (unpaired) electrons. The Kier molecular flexibility index (Phi) is 4.65. The van der Waals surface area contributed by atoms with E-state index in [2.05, 4.69) is 15.9 Å². The van der Waals surface area contributed by atoms with Crippen LogP contribution in [0, 0.1) is 0 Å². The molecule has 1 heterocycles. The van der Waals surface area contributed by atoms with Crippen molar-refractivity contribution in [3.8, 4) is 0 Å². The van der Waals surface area contributed by atoms with Crippen LogP contribution < -0.4 is 0 Å². The average Bonchev–Trinajstić information content (AvgIpc) is 2.71. The second-order valence-corrected chi connectivity index (χ2v) is 5.72. The highest BCUT2D eigenvalue weighted by atomic mass is 79.9. The van der Waals surface area contributed by atoms with Crippen LogP contribution >= 0.6 is 15.9 Å². The molecule has 0 fully saturated rings. The predicted molar refractivity (Wildman–Crippen MR) is 79.3 cm³/mol. The Morgan fingerprint density at radius 1 is 1.22 bits per heavy atom. The van der Waals surface area contributed by atoms with Gasteiger partial charge >= 0.3 is 12.1 Å². The Hall–Kier alpha value is -2.09. The van der Waals surface area contributed by atoms with E-state index in [-0.39, 0.29) is 17.7 Å². The summed E-state index contributed by atoms with van der Waals surface area (Å²) >= 11 is 3.19. The molecular weight excluding hydrogens is 379 g/mol. The van der Waals surface area contributed by atoms with E-state index in [4.69, 9.17) is 5.11 Å². The second-order valence-electron chi connectivity index (χ2n) is 4.87. The lowest BCUT2D eigenvalue weighted by molar-refractivity contribution is -0.138. The number of rotatable bonds is 4. The summed E-state index contributed by atoms with van der Waals surface area (Å²) in [5.74, 6) is -1.55. The highest BCUT2D eigenvalue weighted by molar-refractivity contribution is 9.10. The number of benzene rings is 1. The van der Waals surface area contributed by atoms with Gasteiger partial charge in [-0.05, 0) is 34.1 Å². The number of nitrogens with zero attached hydrogens (tertiary/aromatic N) is 1. The molecule has 8 heteroatoms. The van der Waals surface area contributed by atoms with Gasteiger partial charge in [0, 0.05) is 22.8 Å². The van der Waals surface area contributed by atoms with Crippen molar-refractivity contribution in [3.05, 3.63) is 57.3 Å². The fourth-order valence-electron chi connectivity index (χ4n) is 2.15. The van der Waals surface area contributed by atoms with E-state index in [1.807, 2.05) is 0 Å². The normalized spacial score (nSPS) is 11.5. The fourth-order valence-corrected chi connectivity index (χ4v) is 2.86. The van der Waals surface area contributed by atoms with Crippen LogP contribution in [0.25, 0.3) is 0 Å². The van der Waals surface area contributed by atoms with Crippen molar-refractivity contribution in [1.29, 1.82) is 0 Å². The minimum atomic E-state index is -4.47. The molecule has 0 bridgehead atoms. The maximum absolute atomic E-state index is 12.5. The number of alkyl halides is 3. The van der Waals surface area contributed by atoms with E-state index in [9.17, 15) is 22.8 Å². The number of carbonyl (C=O) groups excluding carboxylic acids is 1. The minimum absolute atomic E-state index is 0.0850. The number of aliphatic carboxylic acids is 1. The predicted octanol–water partition coefficient (Wildman–Crippen LogP) is 3.66. The fraction of sp³-hybridized carbons (Fsp3) is 0.200. The standard InChI is InChI=1S/C15H11BrF3NO3/c1-20-10(7-12(21)22)6-11(16)13(20)14(23)8-2-4-9(5-3-8)15(17,18)19/h2-6H,7H2,1H3,(H,21,22). The number of hydrogen-bond donors (Lipinski definition) is 1. The number of aromatic nitrogens is 1. The highest BCUT2D eigenvalue weighted by Crippen LogP contribution is 2.30. The molecule has 0 aliphatic carbocycles. The van der Waals surface area contributed by atoms with Crippen LogP contribution in [-0.2, 0) is 24.4 Å². The maximum Gasteiger partial charge on any atom is 0.416 e. The molecule has 23 heavy (non-hydrogen) atoms. The molecule has 4 nitrogen and oxygen atoms in total. The van der Waals surface area contributed by atoms with Gasteiger partial charge in [0.1, 0.15) is 5.69 Å². The van der Waals surface area contributed by atoms with Gasteiger partial charge in [-0.25, -0.2) is 0 Å². The summed E-state index contributed by atoms with van der Waals surface area (Å²) in [4.78, 5) is 23.3. The van der Waals surface area contributed by atoms with Crippen LogP contribution in [-0.4, -0.2) is 21.4 Å². The van der Waals surface area contributed by atoms with Gasteiger partial charge in [0.15, 0.2) is 0 Å². The summed E-state index contributed by atoms with van der Waals surface area (Å²) in [5.41, 5.74) is -0.172. The molecule has 2 rings (SSSR count). The van der Waals surface area contributed by atoms with E-state index in [1.54, 1.807) is 0 Å². The molecule has 0 saturated heterocycles.